The molecule has 0 aromatic heterocycles. The van der Waals surface area contributed by atoms with Crippen LogP contribution in [0.15, 0.2) is 12.1 Å². The van der Waals surface area contributed by atoms with Gasteiger partial charge in [-0.3, -0.25) is 4.79 Å². The van der Waals surface area contributed by atoms with Crippen LogP contribution in [0.4, 0.5) is 14.5 Å². The van der Waals surface area contributed by atoms with Gasteiger partial charge in [0, 0.05) is 19.2 Å². The van der Waals surface area contributed by atoms with E-state index in [1.54, 1.807) is 6.92 Å². The van der Waals surface area contributed by atoms with Gasteiger partial charge in [-0.25, -0.2) is 8.78 Å². The summed E-state index contributed by atoms with van der Waals surface area (Å²) in [6.07, 6.45) is 1.10. The number of carbonyl (C=O) groups excluding carboxylic acids is 1. The highest BCUT2D eigenvalue weighted by molar-refractivity contribution is 5.96. The number of carbonyl (C=O) groups is 1. The average Bonchev–Trinajstić information content (AvgIpc) is 2.42. The van der Waals surface area contributed by atoms with Crippen molar-refractivity contribution in [1.82, 2.24) is 0 Å². The zero-order chi connectivity index (χ0) is 14.0. The van der Waals surface area contributed by atoms with Gasteiger partial charge < -0.3 is 9.64 Å². The Bertz CT molecular complexity index is 491. The smallest absolute Gasteiger partial charge is 0.232 e. The molecule has 0 spiro atoms. The van der Waals surface area contributed by atoms with Gasteiger partial charge in [0.05, 0.1) is 18.2 Å². The van der Waals surface area contributed by atoms with Crippen molar-refractivity contribution in [2.24, 2.45) is 5.92 Å². The Morgan fingerprint density at radius 2 is 2.11 bits per heavy atom. The predicted molar refractivity (Wildman–Crippen MR) is 68.1 cm³/mol. The average molecular weight is 269 g/mol. The SMILES string of the molecule is COCC(C)C(=O)N1CCCc2c(F)ccc(F)c21. The molecule has 5 heteroatoms. The third kappa shape index (κ3) is 2.61. The minimum atomic E-state index is -0.547. The summed E-state index contributed by atoms with van der Waals surface area (Å²) in [5.74, 6) is -1.60. The van der Waals surface area contributed by atoms with Crippen molar-refractivity contribution >= 4 is 11.6 Å². The van der Waals surface area contributed by atoms with E-state index in [0.717, 1.165) is 12.1 Å². The molecular weight excluding hydrogens is 252 g/mol. The molecule has 0 aliphatic carbocycles. The van der Waals surface area contributed by atoms with Gasteiger partial charge in [-0.2, -0.15) is 0 Å². The van der Waals surface area contributed by atoms with Crippen LogP contribution in [0.2, 0.25) is 0 Å². The zero-order valence-electron chi connectivity index (χ0n) is 11.1. The molecule has 2 rings (SSSR count). The summed E-state index contributed by atoms with van der Waals surface area (Å²) >= 11 is 0. The number of methoxy groups -OCH3 is 1. The van der Waals surface area contributed by atoms with Gasteiger partial charge in [-0.15, -0.1) is 0 Å². The first kappa shape index (κ1) is 13.9. The molecule has 19 heavy (non-hydrogen) atoms. The molecule has 104 valence electrons. The number of amides is 1. The summed E-state index contributed by atoms with van der Waals surface area (Å²) in [6, 6.07) is 2.18. The summed E-state index contributed by atoms with van der Waals surface area (Å²) in [5, 5.41) is 0. The minimum absolute atomic E-state index is 0.0965. The van der Waals surface area contributed by atoms with Crippen LogP contribution in [0.1, 0.15) is 18.9 Å². The maximum atomic E-state index is 13.9. The van der Waals surface area contributed by atoms with Crippen LogP contribution in [-0.2, 0) is 16.0 Å². The molecule has 0 bridgehead atoms. The Balaban J connectivity index is 2.37. The number of fused-ring (bicyclic) bond motifs is 1. The standard InChI is InChI=1S/C14H17F2NO2/c1-9(8-19-2)14(18)17-7-3-4-10-11(15)5-6-12(16)13(10)17/h5-6,9H,3-4,7-8H2,1-2H3. The molecule has 1 aromatic rings. The maximum absolute atomic E-state index is 13.9. The second-order valence-corrected chi connectivity index (χ2v) is 4.81. The molecule has 0 saturated heterocycles. The monoisotopic (exact) mass is 269 g/mol. The van der Waals surface area contributed by atoms with Gasteiger partial charge in [0.25, 0.3) is 0 Å². The second-order valence-electron chi connectivity index (χ2n) is 4.81. The fourth-order valence-electron chi connectivity index (χ4n) is 2.45. The summed E-state index contributed by atoms with van der Waals surface area (Å²) in [7, 11) is 1.51. The van der Waals surface area contributed by atoms with Gasteiger partial charge in [0.15, 0.2) is 0 Å². The van der Waals surface area contributed by atoms with E-state index < -0.39 is 11.6 Å². The van der Waals surface area contributed by atoms with Crippen molar-refractivity contribution in [1.29, 1.82) is 0 Å². The fraction of sp³-hybridized carbons (Fsp3) is 0.500. The fourth-order valence-corrected chi connectivity index (χ4v) is 2.45. The van der Waals surface area contributed by atoms with Crippen molar-refractivity contribution < 1.29 is 18.3 Å². The molecule has 1 heterocycles. The number of ether oxygens (including phenoxy) is 1. The number of halogens is 2. The summed E-state index contributed by atoms with van der Waals surface area (Å²) in [5.41, 5.74) is 0.392. The molecule has 1 aliphatic rings. The van der Waals surface area contributed by atoms with Gasteiger partial charge in [0.2, 0.25) is 5.91 Å². The second kappa shape index (κ2) is 5.65. The van der Waals surface area contributed by atoms with Gasteiger partial charge in [0.1, 0.15) is 11.6 Å². The molecule has 3 nitrogen and oxygen atoms in total. The van der Waals surface area contributed by atoms with E-state index in [1.807, 2.05) is 0 Å². The molecule has 1 atom stereocenters. The van der Waals surface area contributed by atoms with Crippen LogP contribution in [0.25, 0.3) is 0 Å². The Morgan fingerprint density at radius 1 is 1.42 bits per heavy atom. The largest absolute Gasteiger partial charge is 0.384 e. The quantitative estimate of drug-likeness (QED) is 0.844. The van der Waals surface area contributed by atoms with E-state index >= 15 is 0 Å². The lowest BCUT2D eigenvalue weighted by molar-refractivity contribution is -0.123. The lowest BCUT2D eigenvalue weighted by Crippen LogP contribution is -2.41. The highest BCUT2D eigenvalue weighted by atomic mass is 19.1. The van der Waals surface area contributed by atoms with Crippen molar-refractivity contribution in [2.45, 2.75) is 19.8 Å². The molecule has 1 aromatic carbocycles. The van der Waals surface area contributed by atoms with Gasteiger partial charge in [-0.1, -0.05) is 6.92 Å². The van der Waals surface area contributed by atoms with E-state index in [2.05, 4.69) is 0 Å². The maximum Gasteiger partial charge on any atom is 0.232 e. The molecule has 0 saturated carbocycles. The molecule has 0 fully saturated rings. The van der Waals surface area contributed by atoms with E-state index in [9.17, 15) is 13.6 Å². The first-order valence-electron chi connectivity index (χ1n) is 6.33. The highest BCUT2D eigenvalue weighted by Gasteiger charge is 2.30. The Morgan fingerprint density at radius 3 is 2.79 bits per heavy atom. The predicted octanol–water partition coefficient (Wildman–Crippen LogP) is 2.53. The summed E-state index contributed by atoms with van der Waals surface area (Å²) in [6.45, 7) is 2.40. The minimum Gasteiger partial charge on any atom is -0.384 e. The lowest BCUT2D eigenvalue weighted by atomic mass is 9.99. The zero-order valence-corrected chi connectivity index (χ0v) is 11.1. The molecular formula is C14H17F2NO2. The van der Waals surface area contributed by atoms with Crippen LogP contribution < -0.4 is 4.90 Å². The van der Waals surface area contributed by atoms with Crippen LogP contribution >= 0.6 is 0 Å². The molecule has 1 unspecified atom stereocenters. The molecule has 1 aliphatic heterocycles. The summed E-state index contributed by atoms with van der Waals surface area (Å²) < 4.78 is 32.6. The Labute approximate surface area is 111 Å². The van der Waals surface area contributed by atoms with Gasteiger partial charge in [-0.05, 0) is 25.0 Å². The third-order valence-corrected chi connectivity index (χ3v) is 3.36. The van der Waals surface area contributed by atoms with E-state index in [-0.39, 0.29) is 24.1 Å². The molecule has 0 radical (unpaired) electrons. The van der Waals surface area contributed by atoms with Crippen LogP contribution in [-0.4, -0.2) is 26.2 Å². The van der Waals surface area contributed by atoms with Crippen LogP contribution in [0.5, 0.6) is 0 Å². The molecule has 0 N–H and O–H groups in total. The van der Waals surface area contributed by atoms with Crippen molar-refractivity contribution in [3.05, 3.63) is 29.3 Å². The highest BCUT2D eigenvalue weighted by Crippen LogP contribution is 2.32. The van der Waals surface area contributed by atoms with Gasteiger partial charge >= 0.3 is 0 Å². The van der Waals surface area contributed by atoms with E-state index in [4.69, 9.17) is 4.74 Å². The lowest BCUT2D eigenvalue weighted by Gasteiger charge is -2.31. The number of benzene rings is 1. The molecule has 1 amide bonds. The van der Waals surface area contributed by atoms with Crippen molar-refractivity contribution in [2.75, 3.05) is 25.2 Å². The van der Waals surface area contributed by atoms with Crippen molar-refractivity contribution in [3.8, 4) is 0 Å². The first-order chi connectivity index (χ1) is 9.06. The Kier molecular flexibility index (Phi) is 4.14. The number of hydrogen-bond acceptors (Lipinski definition) is 2. The Hall–Kier alpha value is -1.49. The van der Waals surface area contributed by atoms with Crippen LogP contribution in [0, 0.1) is 17.6 Å². The summed E-state index contributed by atoms with van der Waals surface area (Å²) in [4.78, 5) is 13.6. The van der Waals surface area contributed by atoms with Crippen LogP contribution in [0.3, 0.4) is 0 Å². The normalized spacial score (nSPS) is 16.1. The van der Waals surface area contributed by atoms with E-state index in [1.165, 1.54) is 12.0 Å². The number of anilines is 1. The third-order valence-electron chi connectivity index (χ3n) is 3.36. The topological polar surface area (TPSA) is 29.5 Å². The van der Waals surface area contributed by atoms with E-state index in [0.29, 0.717) is 24.9 Å². The first-order valence-corrected chi connectivity index (χ1v) is 6.33. The van der Waals surface area contributed by atoms with Crippen molar-refractivity contribution in [3.63, 3.8) is 0 Å². The number of hydrogen-bond donors (Lipinski definition) is 0. The number of nitrogens with zero attached hydrogens (tertiary/aromatic N) is 1. The number of rotatable bonds is 3.